The predicted molar refractivity (Wildman–Crippen MR) is 84.0 cm³/mol. The minimum atomic E-state index is 0.655. The van der Waals surface area contributed by atoms with Crippen LogP contribution in [-0.4, -0.2) is 14.3 Å². The van der Waals surface area contributed by atoms with E-state index in [1.54, 1.807) is 4.68 Å². The molecule has 0 radical (unpaired) electrons. The van der Waals surface area contributed by atoms with E-state index in [2.05, 4.69) is 29.7 Å². The lowest BCUT2D eigenvalue weighted by Crippen LogP contribution is -1.96. The summed E-state index contributed by atoms with van der Waals surface area (Å²) in [7, 11) is 3.90. The summed E-state index contributed by atoms with van der Waals surface area (Å²) in [6.07, 6.45) is 0. The minimum absolute atomic E-state index is 0.655. The Kier molecular flexibility index (Phi) is 2.80. The molecule has 1 aromatic carbocycles. The van der Waals surface area contributed by atoms with Crippen molar-refractivity contribution in [2.45, 2.75) is 13.8 Å². The van der Waals surface area contributed by atoms with Crippen molar-refractivity contribution in [3.63, 3.8) is 0 Å². The fourth-order valence-electron chi connectivity index (χ4n) is 2.77. The van der Waals surface area contributed by atoms with Gasteiger partial charge in [0.25, 0.3) is 0 Å². The molecular formula is C15H17ClN4. The zero-order valence-corrected chi connectivity index (χ0v) is 12.8. The first-order chi connectivity index (χ1) is 9.41. The van der Waals surface area contributed by atoms with Crippen LogP contribution in [-0.2, 0) is 14.1 Å². The summed E-state index contributed by atoms with van der Waals surface area (Å²) in [5, 5.41) is 6.44. The van der Waals surface area contributed by atoms with Crippen molar-refractivity contribution < 1.29 is 0 Å². The average molecular weight is 289 g/mol. The molecule has 0 aliphatic rings. The van der Waals surface area contributed by atoms with Crippen molar-refractivity contribution in [3.05, 3.63) is 34.5 Å². The molecule has 0 spiro atoms. The number of aromatic nitrogens is 3. The van der Waals surface area contributed by atoms with Gasteiger partial charge in [-0.05, 0) is 25.5 Å². The number of rotatable bonds is 1. The lowest BCUT2D eigenvalue weighted by atomic mass is 10.1. The van der Waals surface area contributed by atoms with Crippen LogP contribution in [0.2, 0.25) is 5.02 Å². The first-order valence-electron chi connectivity index (χ1n) is 6.45. The third-order valence-corrected chi connectivity index (χ3v) is 4.42. The molecule has 0 amide bonds. The highest BCUT2D eigenvalue weighted by molar-refractivity contribution is 6.32. The van der Waals surface area contributed by atoms with Crippen molar-refractivity contribution in [1.82, 2.24) is 14.3 Å². The lowest BCUT2D eigenvalue weighted by molar-refractivity contribution is 0.782. The van der Waals surface area contributed by atoms with Crippen LogP contribution in [0, 0.1) is 13.8 Å². The van der Waals surface area contributed by atoms with Crippen LogP contribution in [0.5, 0.6) is 0 Å². The summed E-state index contributed by atoms with van der Waals surface area (Å²) in [5.41, 5.74) is 11.3. The average Bonchev–Trinajstić information content (AvgIpc) is 2.85. The highest BCUT2D eigenvalue weighted by Gasteiger charge is 2.18. The second-order valence-corrected chi connectivity index (χ2v) is 5.57. The van der Waals surface area contributed by atoms with Crippen molar-refractivity contribution in [2.24, 2.45) is 14.1 Å². The Balaban J connectivity index is 2.42. The van der Waals surface area contributed by atoms with Crippen molar-refractivity contribution in [2.75, 3.05) is 5.73 Å². The Morgan fingerprint density at radius 3 is 2.50 bits per heavy atom. The molecule has 0 atom stereocenters. The summed E-state index contributed by atoms with van der Waals surface area (Å²) >= 11 is 6.24. The lowest BCUT2D eigenvalue weighted by Gasteiger charge is -2.03. The fraction of sp³-hybridized carbons (Fsp3) is 0.267. The zero-order chi connectivity index (χ0) is 14.6. The summed E-state index contributed by atoms with van der Waals surface area (Å²) in [4.78, 5) is 0. The normalized spacial score (nSPS) is 11.4. The van der Waals surface area contributed by atoms with Gasteiger partial charge < -0.3 is 10.3 Å². The number of nitrogens with two attached hydrogens (primary N) is 1. The van der Waals surface area contributed by atoms with Crippen molar-refractivity contribution in [3.8, 4) is 11.3 Å². The van der Waals surface area contributed by atoms with Gasteiger partial charge >= 0.3 is 0 Å². The Hall–Kier alpha value is -1.94. The Morgan fingerprint density at radius 1 is 1.20 bits per heavy atom. The van der Waals surface area contributed by atoms with Gasteiger partial charge in [0.2, 0.25) is 0 Å². The molecule has 4 nitrogen and oxygen atoms in total. The summed E-state index contributed by atoms with van der Waals surface area (Å²) in [5.74, 6) is 0.655. The van der Waals surface area contributed by atoms with Gasteiger partial charge in [-0.25, -0.2) is 0 Å². The number of benzene rings is 1. The maximum atomic E-state index is 6.24. The standard InChI is InChI=1S/C15H17ClN4/c1-8-11(16)6-5-10-14(9(2)19(3)15(8)10)12-7-13(17)20(4)18-12/h5-7H,17H2,1-4H3. The second kappa shape index (κ2) is 4.28. The van der Waals surface area contributed by atoms with Crippen LogP contribution in [0.1, 0.15) is 11.3 Å². The molecular weight excluding hydrogens is 272 g/mol. The maximum Gasteiger partial charge on any atom is 0.121 e. The highest BCUT2D eigenvalue weighted by Crippen LogP contribution is 2.37. The third-order valence-electron chi connectivity index (χ3n) is 4.01. The Bertz CT molecular complexity index is 807. The molecule has 5 heteroatoms. The second-order valence-electron chi connectivity index (χ2n) is 5.17. The predicted octanol–water partition coefficient (Wildman–Crippen LogP) is 3.43. The molecule has 3 rings (SSSR count). The van der Waals surface area contributed by atoms with Gasteiger partial charge in [0.05, 0.1) is 11.2 Å². The maximum absolute atomic E-state index is 6.24. The Labute approximate surface area is 122 Å². The van der Waals surface area contributed by atoms with Gasteiger partial charge in [-0.1, -0.05) is 17.7 Å². The molecule has 0 aliphatic carbocycles. The van der Waals surface area contributed by atoms with Gasteiger partial charge in [0.15, 0.2) is 0 Å². The number of fused-ring (bicyclic) bond motifs is 1. The molecule has 2 aromatic heterocycles. The molecule has 2 heterocycles. The number of nitrogens with zero attached hydrogens (tertiary/aromatic N) is 3. The third kappa shape index (κ3) is 1.64. The Morgan fingerprint density at radius 2 is 1.90 bits per heavy atom. The quantitative estimate of drug-likeness (QED) is 0.746. The molecule has 0 bridgehead atoms. The number of aryl methyl sites for hydroxylation is 3. The molecule has 20 heavy (non-hydrogen) atoms. The topological polar surface area (TPSA) is 48.8 Å². The van der Waals surface area contributed by atoms with Crippen LogP contribution >= 0.6 is 11.6 Å². The number of hydrogen-bond donors (Lipinski definition) is 1. The highest BCUT2D eigenvalue weighted by atomic mass is 35.5. The number of nitrogen functional groups attached to an aromatic ring is 1. The smallest absolute Gasteiger partial charge is 0.121 e. The van der Waals surface area contributed by atoms with E-state index in [4.69, 9.17) is 17.3 Å². The van der Waals surface area contributed by atoms with Crippen LogP contribution in [0.25, 0.3) is 22.2 Å². The first kappa shape index (κ1) is 13.1. The van der Waals surface area contributed by atoms with Gasteiger partial charge in [0, 0.05) is 41.8 Å². The van der Waals surface area contributed by atoms with Crippen LogP contribution in [0.4, 0.5) is 5.82 Å². The van der Waals surface area contributed by atoms with E-state index in [9.17, 15) is 0 Å². The van der Waals surface area contributed by atoms with Crippen molar-refractivity contribution in [1.29, 1.82) is 0 Å². The van der Waals surface area contributed by atoms with E-state index in [0.717, 1.165) is 38.4 Å². The van der Waals surface area contributed by atoms with Crippen LogP contribution < -0.4 is 5.73 Å². The zero-order valence-electron chi connectivity index (χ0n) is 12.0. The SMILES string of the molecule is Cc1c(Cl)ccc2c(-c3cc(N)n(C)n3)c(C)n(C)c12. The molecule has 0 fully saturated rings. The van der Waals surface area contributed by atoms with E-state index in [1.807, 2.05) is 26.1 Å². The summed E-state index contributed by atoms with van der Waals surface area (Å²) in [6, 6.07) is 5.90. The van der Waals surface area contributed by atoms with Gasteiger partial charge in [-0.15, -0.1) is 0 Å². The monoisotopic (exact) mass is 288 g/mol. The fourth-order valence-corrected chi connectivity index (χ4v) is 2.92. The van der Waals surface area contributed by atoms with Gasteiger partial charge in [-0.2, -0.15) is 5.10 Å². The van der Waals surface area contributed by atoms with E-state index in [1.165, 1.54) is 0 Å². The number of anilines is 1. The van der Waals surface area contributed by atoms with Crippen LogP contribution in [0.3, 0.4) is 0 Å². The number of hydrogen-bond acceptors (Lipinski definition) is 2. The summed E-state index contributed by atoms with van der Waals surface area (Å²) in [6.45, 7) is 4.13. The summed E-state index contributed by atoms with van der Waals surface area (Å²) < 4.78 is 3.85. The number of halogens is 1. The molecule has 2 N–H and O–H groups in total. The molecule has 0 unspecified atom stereocenters. The van der Waals surface area contributed by atoms with E-state index >= 15 is 0 Å². The van der Waals surface area contributed by atoms with E-state index < -0.39 is 0 Å². The minimum Gasteiger partial charge on any atom is -0.384 e. The molecule has 104 valence electrons. The largest absolute Gasteiger partial charge is 0.384 e. The molecule has 3 aromatic rings. The van der Waals surface area contributed by atoms with Gasteiger partial charge in [-0.3, -0.25) is 4.68 Å². The molecule has 0 aliphatic heterocycles. The van der Waals surface area contributed by atoms with Crippen LogP contribution in [0.15, 0.2) is 18.2 Å². The molecule has 0 saturated heterocycles. The van der Waals surface area contributed by atoms with Gasteiger partial charge in [0.1, 0.15) is 5.82 Å². The van der Waals surface area contributed by atoms with E-state index in [0.29, 0.717) is 5.82 Å². The van der Waals surface area contributed by atoms with E-state index in [-0.39, 0.29) is 0 Å². The molecule has 0 saturated carbocycles. The van der Waals surface area contributed by atoms with Crippen molar-refractivity contribution >= 4 is 28.3 Å². The first-order valence-corrected chi connectivity index (χ1v) is 6.83.